The Hall–Kier alpha value is -1.44. The molecule has 0 saturated heterocycles. The summed E-state index contributed by atoms with van der Waals surface area (Å²) in [5, 5.41) is 11.3. The molecule has 0 aliphatic heterocycles. The lowest BCUT2D eigenvalue weighted by Crippen LogP contribution is -2.48. The van der Waals surface area contributed by atoms with Crippen LogP contribution in [0.3, 0.4) is 0 Å². The molecule has 0 radical (unpaired) electrons. The van der Waals surface area contributed by atoms with Crippen LogP contribution in [0.2, 0.25) is 0 Å². The molecule has 8 heteroatoms. The second-order valence-electron chi connectivity index (χ2n) is 3.78. The molecule has 2 amide bonds. The number of carbonyl (C=O) groups excluding carboxylic acids is 2. The molecule has 2 N–H and O–H groups in total. The van der Waals surface area contributed by atoms with E-state index in [1.807, 2.05) is 6.26 Å². The zero-order chi connectivity index (χ0) is 14.8. The number of urea groups is 1. The molecule has 0 unspecified atom stereocenters. The van der Waals surface area contributed by atoms with E-state index in [1.54, 1.807) is 6.92 Å². The zero-order valence-electron chi connectivity index (χ0n) is 11.3. The Balaban J connectivity index is 4.30. The Morgan fingerprint density at radius 1 is 1.42 bits per heavy atom. The second-order valence-corrected chi connectivity index (χ2v) is 4.77. The highest BCUT2D eigenvalue weighted by Crippen LogP contribution is 2.02. The third-order valence-electron chi connectivity index (χ3n) is 2.22. The molecule has 7 nitrogen and oxygen atoms in total. The fourth-order valence-electron chi connectivity index (χ4n) is 1.22. The molecule has 0 bridgehead atoms. The van der Waals surface area contributed by atoms with Crippen LogP contribution >= 0.6 is 11.8 Å². The quantitative estimate of drug-likeness (QED) is 0.629. The molecule has 110 valence electrons. The van der Waals surface area contributed by atoms with E-state index in [1.165, 1.54) is 18.8 Å². The highest BCUT2D eigenvalue weighted by Gasteiger charge is 2.22. The van der Waals surface area contributed by atoms with Crippen LogP contribution in [0, 0.1) is 0 Å². The van der Waals surface area contributed by atoms with Crippen LogP contribution in [0.5, 0.6) is 0 Å². The van der Waals surface area contributed by atoms with E-state index in [4.69, 9.17) is 9.84 Å². The van der Waals surface area contributed by atoms with Gasteiger partial charge in [-0.15, -0.1) is 0 Å². The van der Waals surface area contributed by atoms with Crippen LogP contribution in [0.4, 0.5) is 4.79 Å². The highest BCUT2D eigenvalue weighted by atomic mass is 32.2. The number of carboxylic acids is 1. The Morgan fingerprint density at radius 3 is 2.53 bits per heavy atom. The monoisotopic (exact) mass is 292 g/mol. The maximum Gasteiger partial charge on any atom is 0.326 e. The molecule has 0 aliphatic carbocycles. The van der Waals surface area contributed by atoms with Gasteiger partial charge in [-0.3, -0.25) is 4.79 Å². The molecule has 0 heterocycles. The van der Waals surface area contributed by atoms with Gasteiger partial charge in [0.1, 0.15) is 12.6 Å². The summed E-state index contributed by atoms with van der Waals surface area (Å²) in [5.41, 5.74) is 0. The largest absolute Gasteiger partial charge is 0.480 e. The number of esters is 1. The minimum absolute atomic E-state index is 0.214. The Kier molecular flexibility index (Phi) is 8.77. The van der Waals surface area contributed by atoms with Crippen LogP contribution < -0.4 is 5.32 Å². The molecule has 1 atom stereocenters. The van der Waals surface area contributed by atoms with Gasteiger partial charge in [-0.2, -0.15) is 11.8 Å². The summed E-state index contributed by atoms with van der Waals surface area (Å²) in [6.45, 7) is 1.69. The summed E-state index contributed by atoms with van der Waals surface area (Å²) >= 11 is 1.50. The van der Waals surface area contributed by atoms with Crippen molar-refractivity contribution in [3.8, 4) is 0 Å². The molecule has 0 aromatic carbocycles. The van der Waals surface area contributed by atoms with Crippen LogP contribution in [0.25, 0.3) is 0 Å². The van der Waals surface area contributed by atoms with E-state index in [0.29, 0.717) is 12.2 Å². The van der Waals surface area contributed by atoms with Crippen LogP contribution in [-0.2, 0) is 14.3 Å². The van der Waals surface area contributed by atoms with Gasteiger partial charge in [0.05, 0.1) is 6.61 Å². The lowest BCUT2D eigenvalue weighted by atomic mass is 10.2. The van der Waals surface area contributed by atoms with E-state index in [-0.39, 0.29) is 13.2 Å². The number of nitrogens with one attached hydrogen (secondary N) is 1. The number of hydrogen-bond acceptors (Lipinski definition) is 5. The highest BCUT2D eigenvalue weighted by molar-refractivity contribution is 7.98. The molecule has 0 spiro atoms. The molecule has 0 aromatic heterocycles. The number of thioether (sulfide) groups is 1. The Morgan fingerprint density at radius 2 is 2.05 bits per heavy atom. The van der Waals surface area contributed by atoms with E-state index in [0.717, 1.165) is 4.90 Å². The van der Waals surface area contributed by atoms with Gasteiger partial charge in [-0.1, -0.05) is 0 Å². The molecule has 0 aromatic rings. The lowest BCUT2D eigenvalue weighted by Gasteiger charge is -2.20. The van der Waals surface area contributed by atoms with Crippen molar-refractivity contribution in [1.82, 2.24) is 10.2 Å². The zero-order valence-corrected chi connectivity index (χ0v) is 12.2. The standard InChI is InChI=1S/C11H20N2O5S/c1-4-18-9(14)7-13(2)11(17)12-8(10(15)16)5-6-19-3/h8H,4-7H2,1-3H3,(H,12,17)(H,15,16)/t8-/m1/s1. The van der Waals surface area contributed by atoms with Crippen molar-refractivity contribution in [2.24, 2.45) is 0 Å². The van der Waals surface area contributed by atoms with Gasteiger partial charge in [-0.05, 0) is 25.4 Å². The molecule has 0 aliphatic rings. The van der Waals surface area contributed by atoms with Gasteiger partial charge in [0, 0.05) is 7.05 Å². The second kappa shape index (κ2) is 9.48. The predicted octanol–water partition coefficient (Wildman–Crippen LogP) is 0.397. The van der Waals surface area contributed by atoms with Crippen molar-refractivity contribution < 1.29 is 24.2 Å². The molecule has 0 fully saturated rings. The number of hydrogen-bond donors (Lipinski definition) is 2. The topological polar surface area (TPSA) is 95.9 Å². The predicted molar refractivity (Wildman–Crippen MR) is 72.2 cm³/mol. The van der Waals surface area contributed by atoms with E-state index < -0.39 is 24.0 Å². The van der Waals surface area contributed by atoms with Crippen molar-refractivity contribution in [1.29, 1.82) is 0 Å². The van der Waals surface area contributed by atoms with Gasteiger partial charge in [0.2, 0.25) is 0 Å². The number of carbonyl (C=O) groups is 3. The van der Waals surface area contributed by atoms with E-state index in [9.17, 15) is 14.4 Å². The molecule has 0 saturated carbocycles. The number of likely N-dealkylation sites (N-methyl/N-ethyl adjacent to an activating group) is 1. The van der Waals surface area contributed by atoms with Gasteiger partial charge >= 0.3 is 18.0 Å². The minimum Gasteiger partial charge on any atom is -0.480 e. The fraction of sp³-hybridized carbons (Fsp3) is 0.727. The van der Waals surface area contributed by atoms with Crippen LogP contribution in [-0.4, -0.2) is 66.2 Å². The average Bonchev–Trinajstić information content (AvgIpc) is 2.33. The maximum atomic E-state index is 11.7. The van der Waals surface area contributed by atoms with Gasteiger partial charge in [0.15, 0.2) is 0 Å². The summed E-state index contributed by atoms with van der Waals surface area (Å²) in [6.07, 6.45) is 2.18. The first kappa shape index (κ1) is 17.6. The third kappa shape index (κ3) is 7.55. The van der Waals surface area contributed by atoms with Crippen LogP contribution in [0.15, 0.2) is 0 Å². The molecular formula is C11H20N2O5S. The van der Waals surface area contributed by atoms with E-state index in [2.05, 4.69) is 5.32 Å². The smallest absolute Gasteiger partial charge is 0.326 e. The van der Waals surface area contributed by atoms with E-state index >= 15 is 0 Å². The Bertz CT molecular complexity index is 324. The molecular weight excluding hydrogens is 272 g/mol. The first-order valence-corrected chi connectivity index (χ1v) is 7.20. The maximum absolute atomic E-state index is 11.7. The van der Waals surface area contributed by atoms with Gasteiger partial charge in [-0.25, -0.2) is 9.59 Å². The van der Waals surface area contributed by atoms with Crippen LogP contribution in [0.1, 0.15) is 13.3 Å². The van der Waals surface area contributed by atoms with Gasteiger partial charge in [0.25, 0.3) is 0 Å². The SMILES string of the molecule is CCOC(=O)CN(C)C(=O)N[C@H](CCSC)C(=O)O. The number of amides is 2. The number of carboxylic acid groups (broad SMARTS) is 1. The normalized spacial score (nSPS) is 11.5. The van der Waals surface area contributed by atoms with Crippen molar-refractivity contribution in [3.05, 3.63) is 0 Å². The summed E-state index contributed by atoms with van der Waals surface area (Å²) in [6, 6.07) is -1.56. The average molecular weight is 292 g/mol. The molecule has 0 rings (SSSR count). The van der Waals surface area contributed by atoms with Crippen molar-refractivity contribution >= 4 is 29.7 Å². The summed E-state index contributed by atoms with van der Waals surface area (Å²) in [7, 11) is 1.40. The molecule has 19 heavy (non-hydrogen) atoms. The Labute approximate surface area is 116 Å². The van der Waals surface area contributed by atoms with Crippen molar-refractivity contribution in [3.63, 3.8) is 0 Å². The minimum atomic E-state index is -1.09. The number of aliphatic carboxylic acids is 1. The van der Waals surface area contributed by atoms with Gasteiger partial charge < -0.3 is 20.1 Å². The summed E-state index contributed by atoms with van der Waals surface area (Å²) in [5.74, 6) is -0.998. The summed E-state index contributed by atoms with van der Waals surface area (Å²) in [4.78, 5) is 34.9. The fourth-order valence-corrected chi connectivity index (χ4v) is 1.70. The first-order valence-electron chi connectivity index (χ1n) is 5.81. The van der Waals surface area contributed by atoms with Crippen molar-refractivity contribution in [2.45, 2.75) is 19.4 Å². The lowest BCUT2D eigenvalue weighted by molar-refractivity contribution is -0.143. The summed E-state index contributed by atoms with van der Waals surface area (Å²) < 4.78 is 4.70. The van der Waals surface area contributed by atoms with Crippen molar-refractivity contribution in [2.75, 3.05) is 32.2 Å². The number of nitrogens with zero attached hydrogens (tertiary/aromatic N) is 1. The first-order chi connectivity index (χ1) is 8.92. The number of ether oxygens (including phenoxy) is 1. The number of rotatable bonds is 8. The third-order valence-corrected chi connectivity index (χ3v) is 2.87.